The highest BCUT2D eigenvalue weighted by Gasteiger charge is 2.34. The van der Waals surface area contributed by atoms with E-state index >= 15 is 0 Å². The summed E-state index contributed by atoms with van der Waals surface area (Å²) >= 11 is 0. The van der Waals surface area contributed by atoms with Gasteiger partial charge in [-0.05, 0) is 44.0 Å². The predicted octanol–water partition coefficient (Wildman–Crippen LogP) is 0.934. The third kappa shape index (κ3) is 3.67. The second kappa shape index (κ2) is 7.23. The van der Waals surface area contributed by atoms with Crippen molar-refractivity contribution in [3.05, 3.63) is 18.3 Å². The summed E-state index contributed by atoms with van der Waals surface area (Å²) < 4.78 is 0. The molecule has 1 unspecified atom stereocenters. The van der Waals surface area contributed by atoms with Gasteiger partial charge in [-0.2, -0.15) is 0 Å². The summed E-state index contributed by atoms with van der Waals surface area (Å²) in [5.41, 5.74) is 0.737. The lowest BCUT2D eigenvalue weighted by atomic mass is 9.88. The number of carbonyl (C=O) groups excluding carboxylic acids is 2. The van der Waals surface area contributed by atoms with E-state index in [1.807, 2.05) is 24.0 Å². The van der Waals surface area contributed by atoms with Gasteiger partial charge in [0.15, 0.2) is 0 Å². The van der Waals surface area contributed by atoms with Crippen LogP contribution in [-0.4, -0.2) is 61.0 Å². The molecule has 1 aromatic heterocycles. The van der Waals surface area contributed by atoms with Crippen LogP contribution in [0.4, 0.5) is 11.5 Å². The molecule has 2 N–H and O–H groups in total. The molecule has 2 saturated heterocycles. The lowest BCUT2D eigenvalue weighted by molar-refractivity contribution is -0.132. The van der Waals surface area contributed by atoms with Crippen LogP contribution in [0.1, 0.15) is 19.8 Å². The molecule has 1 aliphatic carbocycles. The number of carbonyl (C=O) groups is 2. The van der Waals surface area contributed by atoms with Crippen LogP contribution in [0.2, 0.25) is 0 Å². The fraction of sp³-hybridized carbons (Fsp3) is 0.632. The monoisotopic (exact) mass is 357 g/mol. The molecule has 1 atom stereocenters. The Labute approximate surface area is 154 Å². The molecule has 7 nitrogen and oxygen atoms in total. The molecule has 0 bridgehead atoms. The minimum atomic E-state index is 0.00742. The molecule has 2 aliphatic heterocycles. The fourth-order valence-electron chi connectivity index (χ4n) is 3.53. The number of pyridine rings is 1. The largest absolute Gasteiger partial charge is 0.353 e. The standard InChI is InChI=1S/C19H27N5O2/c1-13(15-10-20-11-15)18(25)22-16-4-5-17(21-12-16)23-6-8-24(9-7-23)19(26)14-2-3-14/h4-5,12-15,20H,2-3,6-11H2,1H3,(H,22,25). The number of nitrogens with zero attached hydrogens (tertiary/aromatic N) is 3. The normalized spacial score (nSPS) is 21.9. The Morgan fingerprint density at radius 1 is 1.19 bits per heavy atom. The molecule has 0 aromatic carbocycles. The Bertz CT molecular complexity index is 661. The van der Waals surface area contributed by atoms with Crippen LogP contribution in [0.5, 0.6) is 0 Å². The van der Waals surface area contributed by atoms with Crippen LogP contribution < -0.4 is 15.5 Å². The molecule has 3 fully saturated rings. The van der Waals surface area contributed by atoms with E-state index in [0.29, 0.717) is 17.7 Å². The Morgan fingerprint density at radius 2 is 1.92 bits per heavy atom. The van der Waals surface area contributed by atoms with E-state index in [9.17, 15) is 9.59 Å². The van der Waals surface area contributed by atoms with Crippen LogP contribution in [0.25, 0.3) is 0 Å². The van der Waals surface area contributed by atoms with Crippen molar-refractivity contribution in [2.45, 2.75) is 19.8 Å². The van der Waals surface area contributed by atoms with E-state index in [0.717, 1.165) is 63.6 Å². The third-order valence-electron chi connectivity index (χ3n) is 5.79. The minimum Gasteiger partial charge on any atom is -0.353 e. The van der Waals surface area contributed by atoms with E-state index < -0.39 is 0 Å². The van der Waals surface area contributed by atoms with Gasteiger partial charge in [0, 0.05) is 38.0 Å². The van der Waals surface area contributed by atoms with Crippen molar-refractivity contribution in [2.24, 2.45) is 17.8 Å². The topological polar surface area (TPSA) is 77.6 Å². The summed E-state index contributed by atoms with van der Waals surface area (Å²) in [4.78, 5) is 33.1. The Balaban J connectivity index is 1.29. The Kier molecular flexibility index (Phi) is 4.80. The molecule has 7 heteroatoms. The van der Waals surface area contributed by atoms with E-state index in [1.54, 1.807) is 6.20 Å². The maximum absolute atomic E-state index is 12.3. The molecule has 26 heavy (non-hydrogen) atoms. The molecule has 0 spiro atoms. The molecule has 3 aliphatic rings. The van der Waals surface area contributed by atoms with Gasteiger partial charge in [-0.15, -0.1) is 0 Å². The van der Waals surface area contributed by atoms with E-state index in [2.05, 4.69) is 20.5 Å². The van der Waals surface area contributed by atoms with Gasteiger partial charge in [0.1, 0.15) is 5.82 Å². The van der Waals surface area contributed by atoms with Crippen LogP contribution in [0.15, 0.2) is 18.3 Å². The zero-order chi connectivity index (χ0) is 18.1. The van der Waals surface area contributed by atoms with Gasteiger partial charge >= 0.3 is 0 Å². The van der Waals surface area contributed by atoms with Gasteiger partial charge in [-0.25, -0.2) is 4.98 Å². The van der Waals surface area contributed by atoms with Crippen molar-refractivity contribution in [1.29, 1.82) is 0 Å². The molecule has 3 heterocycles. The van der Waals surface area contributed by atoms with Crippen LogP contribution >= 0.6 is 0 Å². The number of anilines is 2. The number of nitrogens with one attached hydrogen (secondary N) is 2. The maximum Gasteiger partial charge on any atom is 0.227 e. The van der Waals surface area contributed by atoms with Crippen molar-refractivity contribution in [3.8, 4) is 0 Å². The summed E-state index contributed by atoms with van der Waals surface area (Å²) in [6.07, 6.45) is 3.84. The van der Waals surface area contributed by atoms with Gasteiger partial charge in [-0.3, -0.25) is 9.59 Å². The summed E-state index contributed by atoms with van der Waals surface area (Å²) in [6.45, 7) is 6.96. The predicted molar refractivity (Wildman–Crippen MR) is 99.9 cm³/mol. The molecule has 4 rings (SSSR count). The first-order chi connectivity index (χ1) is 12.6. The number of hydrogen-bond acceptors (Lipinski definition) is 5. The number of amides is 2. The molecular weight excluding hydrogens is 330 g/mol. The van der Waals surface area contributed by atoms with Gasteiger partial charge < -0.3 is 20.4 Å². The summed E-state index contributed by atoms with van der Waals surface area (Å²) in [7, 11) is 0. The van der Waals surface area contributed by atoms with E-state index in [1.165, 1.54) is 0 Å². The SMILES string of the molecule is CC(C(=O)Nc1ccc(N2CCN(C(=O)C3CC3)CC2)nc1)C1CNC1. The van der Waals surface area contributed by atoms with Crippen molar-refractivity contribution in [3.63, 3.8) is 0 Å². The van der Waals surface area contributed by atoms with Crippen LogP contribution in [0, 0.1) is 17.8 Å². The van der Waals surface area contributed by atoms with Crippen molar-refractivity contribution in [2.75, 3.05) is 49.5 Å². The summed E-state index contributed by atoms with van der Waals surface area (Å²) in [5.74, 6) is 2.01. The van der Waals surface area contributed by atoms with E-state index in [4.69, 9.17) is 0 Å². The minimum absolute atomic E-state index is 0.00742. The van der Waals surface area contributed by atoms with Crippen LogP contribution in [-0.2, 0) is 9.59 Å². The molecular formula is C19H27N5O2. The average molecular weight is 357 g/mol. The van der Waals surface area contributed by atoms with Gasteiger partial charge in [-0.1, -0.05) is 6.92 Å². The zero-order valence-electron chi connectivity index (χ0n) is 15.3. The summed E-state index contributed by atoms with van der Waals surface area (Å²) in [6, 6.07) is 3.86. The van der Waals surface area contributed by atoms with Crippen molar-refractivity contribution < 1.29 is 9.59 Å². The lowest BCUT2D eigenvalue weighted by Gasteiger charge is -2.35. The average Bonchev–Trinajstić information content (AvgIpc) is 3.45. The van der Waals surface area contributed by atoms with E-state index in [-0.39, 0.29) is 11.8 Å². The lowest BCUT2D eigenvalue weighted by Crippen LogP contribution is -2.49. The molecule has 2 amide bonds. The fourth-order valence-corrected chi connectivity index (χ4v) is 3.53. The molecule has 1 saturated carbocycles. The number of rotatable bonds is 5. The smallest absolute Gasteiger partial charge is 0.227 e. The zero-order valence-corrected chi connectivity index (χ0v) is 15.3. The third-order valence-corrected chi connectivity index (χ3v) is 5.79. The van der Waals surface area contributed by atoms with Crippen molar-refractivity contribution in [1.82, 2.24) is 15.2 Å². The van der Waals surface area contributed by atoms with Gasteiger partial charge in [0.05, 0.1) is 11.9 Å². The quantitative estimate of drug-likeness (QED) is 0.820. The van der Waals surface area contributed by atoms with Gasteiger partial charge in [0.2, 0.25) is 11.8 Å². The van der Waals surface area contributed by atoms with Crippen LogP contribution in [0.3, 0.4) is 0 Å². The maximum atomic E-state index is 12.3. The highest BCUT2D eigenvalue weighted by Crippen LogP contribution is 2.31. The highest BCUT2D eigenvalue weighted by atomic mass is 16.2. The molecule has 1 aromatic rings. The molecule has 0 radical (unpaired) electrons. The second-order valence-corrected chi connectivity index (χ2v) is 7.69. The number of hydrogen-bond donors (Lipinski definition) is 2. The number of piperazine rings is 1. The first-order valence-corrected chi connectivity index (χ1v) is 9.63. The number of aromatic nitrogens is 1. The first kappa shape index (κ1) is 17.3. The first-order valence-electron chi connectivity index (χ1n) is 9.63. The Morgan fingerprint density at radius 3 is 2.46 bits per heavy atom. The summed E-state index contributed by atoms with van der Waals surface area (Å²) in [5, 5.41) is 6.16. The highest BCUT2D eigenvalue weighted by molar-refractivity contribution is 5.92. The Hall–Kier alpha value is -2.15. The van der Waals surface area contributed by atoms with Gasteiger partial charge in [0.25, 0.3) is 0 Å². The molecule has 140 valence electrons. The second-order valence-electron chi connectivity index (χ2n) is 7.69. The van der Waals surface area contributed by atoms with Crippen molar-refractivity contribution >= 4 is 23.3 Å².